The van der Waals surface area contributed by atoms with E-state index in [0.717, 1.165) is 0 Å². The van der Waals surface area contributed by atoms with Gasteiger partial charge in [0.1, 0.15) is 36.6 Å². The van der Waals surface area contributed by atoms with Crippen molar-refractivity contribution in [3.05, 3.63) is 37.7 Å². The van der Waals surface area contributed by atoms with Crippen molar-refractivity contribution < 1.29 is 41.7 Å². The van der Waals surface area contributed by atoms with Crippen LogP contribution in [0.4, 0.5) is 5.82 Å². The Morgan fingerprint density at radius 3 is 2.45 bits per heavy atom. The average Bonchev–Trinajstić information content (AvgIpc) is 3.76. The van der Waals surface area contributed by atoms with E-state index in [2.05, 4.69) is 29.9 Å². The summed E-state index contributed by atoms with van der Waals surface area (Å²) in [6.45, 7) is -0.855. The molecule has 0 amide bonds. The molecule has 2 aliphatic heterocycles. The Bertz CT molecular complexity index is 1980. The standard InChI is InChI=1S/C23H26N10O9P2/c24-20-18-22(27-8-26-20)32(10-28-18)14-3-12-5-38-44(36,37)42-15-4-17(41-16(15)7-40-43(34,35)39-6-13(12)14)33-11-29-19-21-25-1-2-31(21)9-30-23(19)33/h1-2,8-17H,3-7H2,(H,34,35)(H,36,37)(H2,24,26,27)/t12?,13-,14?,15+,16-,17?/m1/s1. The highest BCUT2D eigenvalue weighted by Crippen LogP contribution is 2.55. The summed E-state index contributed by atoms with van der Waals surface area (Å²) in [6.07, 6.45) is 7.04. The zero-order valence-corrected chi connectivity index (χ0v) is 24.5. The Balaban J connectivity index is 1.03. The number of anilines is 1. The van der Waals surface area contributed by atoms with Gasteiger partial charge in [0.25, 0.3) is 0 Å². The highest BCUT2D eigenvalue weighted by molar-refractivity contribution is 7.47. The fraction of sp³-hybridized carbons (Fsp3) is 0.478. The molecular weight excluding hydrogens is 622 g/mol. The van der Waals surface area contributed by atoms with Crippen molar-refractivity contribution in [1.82, 2.24) is 43.4 Å². The lowest BCUT2D eigenvalue weighted by Crippen LogP contribution is -2.43. The Labute approximate surface area is 247 Å². The molecular formula is C23H26N10O9P2. The first-order valence-corrected chi connectivity index (χ1v) is 16.7. The molecule has 5 aromatic rings. The number of imidazole rings is 3. The Kier molecular flexibility index (Phi) is 6.60. The molecule has 0 radical (unpaired) electrons. The predicted molar refractivity (Wildman–Crippen MR) is 148 cm³/mol. The fourth-order valence-corrected chi connectivity index (χ4v) is 7.89. The molecule has 5 unspecified atom stereocenters. The number of hydrogen-bond donors (Lipinski definition) is 3. The Morgan fingerprint density at radius 1 is 0.795 bits per heavy atom. The van der Waals surface area contributed by atoms with E-state index >= 15 is 0 Å². The van der Waals surface area contributed by atoms with Crippen molar-refractivity contribution in [3.63, 3.8) is 0 Å². The molecule has 8 rings (SSSR count). The molecule has 19 nitrogen and oxygen atoms in total. The average molecular weight is 648 g/mol. The summed E-state index contributed by atoms with van der Waals surface area (Å²) >= 11 is 0. The molecule has 232 valence electrons. The second-order valence-corrected chi connectivity index (χ2v) is 13.7. The molecule has 0 aromatic carbocycles. The zero-order valence-electron chi connectivity index (χ0n) is 22.7. The molecule has 5 aromatic heterocycles. The molecule has 4 N–H and O–H groups in total. The van der Waals surface area contributed by atoms with Crippen molar-refractivity contribution in [1.29, 1.82) is 0 Å². The van der Waals surface area contributed by atoms with Gasteiger partial charge in [0, 0.05) is 30.8 Å². The molecule has 8 atom stereocenters. The number of rotatable bonds is 2. The molecule has 0 bridgehead atoms. The number of phosphoric acid groups is 2. The third kappa shape index (κ3) is 4.81. The largest absolute Gasteiger partial charge is 0.472 e. The number of nitrogen functional groups attached to an aromatic ring is 1. The van der Waals surface area contributed by atoms with Gasteiger partial charge in [-0.25, -0.2) is 39.0 Å². The summed E-state index contributed by atoms with van der Waals surface area (Å²) in [4.78, 5) is 46.9. The number of ether oxygens (including phenoxy) is 1. The molecule has 0 spiro atoms. The molecule has 1 aliphatic carbocycles. The van der Waals surface area contributed by atoms with Gasteiger partial charge >= 0.3 is 15.6 Å². The minimum absolute atomic E-state index is 0.0676. The van der Waals surface area contributed by atoms with E-state index in [0.29, 0.717) is 34.4 Å². The second-order valence-electron chi connectivity index (χ2n) is 10.9. The van der Waals surface area contributed by atoms with Crippen molar-refractivity contribution in [2.24, 2.45) is 11.8 Å². The normalized spacial score (nSPS) is 35.0. The van der Waals surface area contributed by atoms with Crippen LogP contribution in [-0.4, -0.2) is 85.3 Å². The van der Waals surface area contributed by atoms with Crippen molar-refractivity contribution in [3.8, 4) is 0 Å². The van der Waals surface area contributed by atoms with Gasteiger partial charge in [0.2, 0.25) is 0 Å². The number of hydrogen-bond acceptors (Lipinski definition) is 14. The van der Waals surface area contributed by atoms with Gasteiger partial charge < -0.3 is 24.8 Å². The first-order valence-electron chi connectivity index (χ1n) is 13.7. The van der Waals surface area contributed by atoms with Crippen LogP contribution >= 0.6 is 15.6 Å². The molecule has 2 saturated heterocycles. The molecule has 3 fully saturated rings. The molecule has 21 heteroatoms. The summed E-state index contributed by atoms with van der Waals surface area (Å²) in [7, 11) is -9.19. The minimum atomic E-state index is -4.60. The number of nitrogens with two attached hydrogens (primary N) is 1. The van der Waals surface area contributed by atoms with Crippen LogP contribution in [0.25, 0.3) is 28.0 Å². The summed E-state index contributed by atoms with van der Waals surface area (Å²) in [6, 6.07) is -0.280. The van der Waals surface area contributed by atoms with Gasteiger partial charge in [-0.2, -0.15) is 0 Å². The lowest BCUT2D eigenvalue weighted by atomic mass is 9.70. The van der Waals surface area contributed by atoms with E-state index in [9.17, 15) is 18.9 Å². The van der Waals surface area contributed by atoms with Crippen molar-refractivity contribution in [2.75, 3.05) is 25.6 Å². The topological polar surface area (TPSA) is 238 Å². The smallest absolute Gasteiger partial charge is 0.382 e. The van der Waals surface area contributed by atoms with E-state index in [4.69, 9.17) is 28.6 Å². The van der Waals surface area contributed by atoms with Gasteiger partial charge in [0.05, 0.1) is 32.5 Å². The van der Waals surface area contributed by atoms with Crippen molar-refractivity contribution in [2.45, 2.75) is 37.3 Å². The third-order valence-electron chi connectivity index (χ3n) is 8.38. The van der Waals surface area contributed by atoms with Crippen LogP contribution in [0.15, 0.2) is 37.7 Å². The summed E-state index contributed by atoms with van der Waals surface area (Å²) in [5.41, 5.74) is 8.41. The zero-order chi connectivity index (χ0) is 30.2. The van der Waals surface area contributed by atoms with Crippen LogP contribution < -0.4 is 5.73 Å². The molecule has 7 heterocycles. The summed E-state index contributed by atoms with van der Waals surface area (Å²) in [5, 5.41) is 0. The Hall–Kier alpha value is -3.38. The van der Waals surface area contributed by atoms with Crippen LogP contribution in [0.3, 0.4) is 0 Å². The van der Waals surface area contributed by atoms with Gasteiger partial charge in [0.15, 0.2) is 28.3 Å². The van der Waals surface area contributed by atoms with Gasteiger partial charge in [-0.3, -0.25) is 27.1 Å². The van der Waals surface area contributed by atoms with Crippen LogP contribution in [0.2, 0.25) is 0 Å². The van der Waals surface area contributed by atoms with Crippen LogP contribution in [0.1, 0.15) is 25.1 Å². The monoisotopic (exact) mass is 648 g/mol. The van der Waals surface area contributed by atoms with E-state index < -0.39 is 46.6 Å². The quantitative estimate of drug-likeness (QED) is 0.230. The van der Waals surface area contributed by atoms with Gasteiger partial charge in [-0.05, 0) is 12.3 Å². The molecule has 44 heavy (non-hydrogen) atoms. The fourth-order valence-electron chi connectivity index (χ4n) is 6.12. The Morgan fingerprint density at radius 2 is 1.57 bits per heavy atom. The third-order valence-corrected chi connectivity index (χ3v) is 10.3. The maximum Gasteiger partial charge on any atom is 0.472 e. The predicted octanol–water partition coefficient (Wildman–Crippen LogP) is 1.62. The molecule has 1 saturated carbocycles. The number of fused-ring (bicyclic) bond motifs is 6. The summed E-state index contributed by atoms with van der Waals surface area (Å²) < 4.78 is 59.1. The number of aromatic nitrogens is 9. The van der Waals surface area contributed by atoms with E-state index in [1.807, 2.05) is 0 Å². The maximum absolute atomic E-state index is 13.1. The second kappa shape index (κ2) is 10.3. The number of nitrogens with zero attached hydrogens (tertiary/aromatic N) is 9. The first kappa shape index (κ1) is 28.1. The summed E-state index contributed by atoms with van der Waals surface area (Å²) in [5.74, 6) is -0.529. The van der Waals surface area contributed by atoms with Crippen LogP contribution in [0.5, 0.6) is 0 Å². The first-order chi connectivity index (χ1) is 21.2. The van der Waals surface area contributed by atoms with E-state index in [-0.39, 0.29) is 37.4 Å². The van der Waals surface area contributed by atoms with E-state index in [1.54, 1.807) is 38.6 Å². The van der Waals surface area contributed by atoms with Crippen LogP contribution in [-0.2, 0) is 32.0 Å². The van der Waals surface area contributed by atoms with Gasteiger partial charge in [-0.15, -0.1) is 0 Å². The van der Waals surface area contributed by atoms with Gasteiger partial charge in [-0.1, -0.05) is 0 Å². The van der Waals surface area contributed by atoms with E-state index in [1.165, 1.54) is 12.7 Å². The SMILES string of the molecule is Nc1ncnc2c1ncn2C1CC2COP(=O)(O)O[C@H]3CC(n4cnc5c4ncn4ccnc54)O[C@@H]3COP(=O)(O)OC[C@H]21. The number of phosphoric ester groups is 2. The lowest BCUT2D eigenvalue weighted by molar-refractivity contribution is -0.0439. The lowest BCUT2D eigenvalue weighted by Gasteiger charge is -2.45. The maximum atomic E-state index is 13.1. The molecule has 3 aliphatic rings. The van der Waals surface area contributed by atoms with Crippen molar-refractivity contribution >= 4 is 49.4 Å². The van der Waals surface area contributed by atoms with Crippen LogP contribution in [0, 0.1) is 11.8 Å². The highest BCUT2D eigenvalue weighted by atomic mass is 31.2. The highest BCUT2D eigenvalue weighted by Gasteiger charge is 2.48. The minimum Gasteiger partial charge on any atom is -0.382 e.